The fraction of sp³-hybridized carbons (Fsp3) is 0.133. The Morgan fingerprint density at radius 1 is 1.28 bits per heavy atom. The quantitative estimate of drug-likeness (QED) is 0.353. The Kier molecular flexibility index (Phi) is 5.51. The number of nitrogens with zero attached hydrogens (tertiary/aromatic N) is 2. The summed E-state index contributed by atoms with van der Waals surface area (Å²) in [6.45, 7) is 1.68. The molecule has 0 spiro atoms. The number of nitrogens with one attached hydrogen (secondary N) is 1. The van der Waals surface area contributed by atoms with E-state index in [-0.39, 0.29) is 16.3 Å². The van der Waals surface area contributed by atoms with Crippen molar-refractivity contribution in [2.75, 3.05) is 11.8 Å². The molecule has 0 aliphatic carbocycles. The molecule has 0 unspecified atom stereocenters. The third-order valence-electron chi connectivity index (χ3n) is 3.25. The molecule has 0 saturated carbocycles. The Morgan fingerprint density at radius 2 is 2.00 bits per heavy atom. The number of hydrogen-bond acceptors (Lipinski definition) is 7. The molecule has 8 nitrogen and oxygen atoms in total. The van der Waals surface area contributed by atoms with E-state index < -0.39 is 14.9 Å². The van der Waals surface area contributed by atoms with Gasteiger partial charge < -0.3 is 4.74 Å². The van der Waals surface area contributed by atoms with Gasteiger partial charge >= 0.3 is 0 Å². The highest BCUT2D eigenvalue weighted by Crippen LogP contribution is 2.31. The zero-order valence-corrected chi connectivity index (χ0v) is 14.8. The summed E-state index contributed by atoms with van der Waals surface area (Å²) in [5.41, 5.74) is 0.544. The number of anilines is 1. The fourth-order valence-corrected chi connectivity index (χ4v) is 3.85. The van der Waals surface area contributed by atoms with Crippen molar-refractivity contribution in [3.8, 4) is 11.2 Å². The highest BCUT2D eigenvalue weighted by atomic mass is 32.2. The Morgan fingerprint density at radius 3 is 2.56 bits per heavy atom. The number of benzene rings is 2. The van der Waals surface area contributed by atoms with E-state index in [9.17, 15) is 18.5 Å². The molecule has 2 aromatic rings. The van der Waals surface area contributed by atoms with Crippen LogP contribution in [0.2, 0.25) is 0 Å². The van der Waals surface area contributed by atoms with E-state index >= 15 is 0 Å². The van der Waals surface area contributed by atoms with Crippen LogP contribution >= 0.6 is 11.8 Å². The monoisotopic (exact) mass is 379 g/mol. The Hall–Kier alpha value is -2.77. The number of ether oxygens (including phenoxy) is 1. The van der Waals surface area contributed by atoms with Gasteiger partial charge in [0.2, 0.25) is 0 Å². The first-order chi connectivity index (χ1) is 11.8. The van der Waals surface area contributed by atoms with Gasteiger partial charge in [-0.1, -0.05) is 0 Å². The van der Waals surface area contributed by atoms with Crippen LogP contribution in [0.5, 0.6) is 5.75 Å². The Balaban J connectivity index is 2.44. The van der Waals surface area contributed by atoms with Gasteiger partial charge in [-0.15, -0.1) is 0 Å². The standard InChI is InChI=1S/C15H13N3O5S2/c1-10-7-12(24-9-16)4-5-13(10)17-25(21,22)15-8-11(18(19)20)3-6-14(15)23-2/h3-8,17H,1-2H3. The molecule has 0 amide bonds. The highest BCUT2D eigenvalue weighted by molar-refractivity contribution is 8.03. The first-order valence-electron chi connectivity index (χ1n) is 6.80. The first-order valence-corrected chi connectivity index (χ1v) is 9.10. The number of nitriles is 1. The largest absolute Gasteiger partial charge is 0.495 e. The van der Waals surface area contributed by atoms with Crippen molar-refractivity contribution >= 4 is 33.2 Å². The second kappa shape index (κ2) is 7.42. The third-order valence-corrected chi connectivity index (χ3v) is 5.22. The first kappa shape index (κ1) is 18.6. The molecule has 0 atom stereocenters. The number of rotatable bonds is 6. The van der Waals surface area contributed by atoms with Crippen LogP contribution in [-0.4, -0.2) is 20.5 Å². The lowest BCUT2D eigenvalue weighted by Gasteiger charge is -2.13. The van der Waals surface area contributed by atoms with Gasteiger partial charge in [0.05, 0.1) is 17.7 Å². The predicted molar refractivity (Wildman–Crippen MR) is 93.1 cm³/mol. The van der Waals surface area contributed by atoms with Crippen molar-refractivity contribution in [3.63, 3.8) is 0 Å². The molecule has 0 aliphatic heterocycles. The molecule has 0 aliphatic rings. The van der Waals surface area contributed by atoms with Crippen LogP contribution in [0, 0.1) is 27.7 Å². The van der Waals surface area contributed by atoms with Gasteiger partial charge in [0, 0.05) is 17.0 Å². The number of thiocyanates is 1. The molecule has 0 bridgehead atoms. The van der Waals surface area contributed by atoms with Crippen LogP contribution in [0.3, 0.4) is 0 Å². The molecular formula is C15H13N3O5S2. The number of hydrogen-bond donors (Lipinski definition) is 1. The van der Waals surface area contributed by atoms with Gasteiger partial charge in [-0.05, 0) is 48.5 Å². The fourth-order valence-electron chi connectivity index (χ4n) is 2.06. The predicted octanol–water partition coefficient (Wildman–Crippen LogP) is 3.29. The summed E-state index contributed by atoms with van der Waals surface area (Å²) in [6.07, 6.45) is 0. The topological polar surface area (TPSA) is 122 Å². The van der Waals surface area contributed by atoms with Crippen LogP contribution in [0.25, 0.3) is 0 Å². The average Bonchev–Trinajstić information content (AvgIpc) is 2.57. The van der Waals surface area contributed by atoms with Crippen LogP contribution in [0.1, 0.15) is 5.56 Å². The maximum atomic E-state index is 12.6. The van der Waals surface area contributed by atoms with Gasteiger partial charge in [-0.2, -0.15) is 5.26 Å². The van der Waals surface area contributed by atoms with Crippen molar-refractivity contribution in [3.05, 3.63) is 52.1 Å². The maximum absolute atomic E-state index is 12.6. The number of nitro groups is 1. The SMILES string of the molecule is COc1ccc([N+](=O)[O-])cc1S(=O)(=O)Nc1ccc(SC#N)cc1C. The number of methoxy groups -OCH3 is 1. The number of aryl methyl sites for hydroxylation is 1. The number of sulfonamides is 1. The van der Waals surface area contributed by atoms with Crippen LogP contribution in [0.4, 0.5) is 11.4 Å². The zero-order chi connectivity index (χ0) is 18.6. The zero-order valence-electron chi connectivity index (χ0n) is 13.2. The van der Waals surface area contributed by atoms with Crippen molar-refractivity contribution in [2.45, 2.75) is 16.7 Å². The second-order valence-electron chi connectivity index (χ2n) is 4.87. The van der Waals surface area contributed by atoms with E-state index in [1.54, 1.807) is 19.1 Å². The van der Waals surface area contributed by atoms with Crippen molar-refractivity contribution in [1.29, 1.82) is 5.26 Å². The van der Waals surface area contributed by atoms with Gasteiger partial charge in [-0.25, -0.2) is 8.42 Å². The molecule has 0 saturated heterocycles. The minimum absolute atomic E-state index is 0.00703. The average molecular weight is 379 g/mol. The smallest absolute Gasteiger partial charge is 0.271 e. The summed E-state index contributed by atoms with van der Waals surface area (Å²) in [6, 6.07) is 8.12. The molecule has 2 aromatic carbocycles. The van der Waals surface area contributed by atoms with E-state index in [0.29, 0.717) is 16.1 Å². The minimum atomic E-state index is -4.11. The summed E-state index contributed by atoms with van der Waals surface area (Å²) in [5, 5.41) is 21.5. The molecule has 10 heteroatoms. The molecule has 0 radical (unpaired) electrons. The maximum Gasteiger partial charge on any atom is 0.271 e. The second-order valence-corrected chi connectivity index (χ2v) is 7.38. The Bertz CT molecular complexity index is 968. The summed E-state index contributed by atoms with van der Waals surface area (Å²) in [4.78, 5) is 10.6. The van der Waals surface area contributed by atoms with Gasteiger partial charge in [0.1, 0.15) is 16.0 Å². The Labute approximate surface area is 148 Å². The summed E-state index contributed by atoms with van der Waals surface area (Å²) in [5.74, 6) is -0.00703. The molecule has 0 heterocycles. The minimum Gasteiger partial charge on any atom is -0.495 e. The third kappa shape index (κ3) is 4.20. The van der Waals surface area contributed by atoms with Crippen LogP contribution < -0.4 is 9.46 Å². The lowest BCUT2D eigenvalue weighted by molar-refractivity contribution is -0.385. The lowest BCUT2D eigenvalue weighted by Crippen LogP contribution is -2.15. The molecule has 130 valence electrons. The van der Waals surface area contributed by atoms with E-state index in [4.69, 9.17) is 10.00 Å². The number of non-ortho nitro benzene ring substituents is 1. The van der Waals surface area contributed by atoms with E-state index in [2.05, 4.69) is 4.72 Å². The van der Waals surface area contributed by atoms with Crippen molar-refractivity contribution < 1.29 is 18.1 Å². The summed E-state index contributed by atoms with van der Waals surface area (Å²) >= 11 is 0.957. The number of nitro benzene ring substituents is 1. The molecule has 0 fully saturated rings. The molecule has 2 rings (SSSR count). The van der Waals surface area contributed by atoms with Gasteiger partial charge in [-0.3, -0.25) is 14.8 Å². The van der Waals surface area contributed by atoms with Crippen molar-refractivity contribution in [2.24, 2.45) is 0 Å². The van der Waals surface area contributed by atoms with Gasteiger partial charge in [0.25, 0.3) is 15.7 Å². The molecule has 25 heavy (non-hydrogen) atoms. The molecular weight excluding hydrogens is 366 g/mol. The van der Waals surface area contributed by atoms with E-state index in [1.165, 1.54) is 19.2 Å². The lowest BCUT2D eigenvalue weighted by atomic mass is 10.2. The van der Waals surface area contributed by atoms with E-state index in [1.807, 2.05) is 5.40 Å². The summed E-state index contributed by atoms with van der Waals surface area (Å²) < 4.78 is 32.7. The number of thioether (sulfide) groups is 1. The highest BCUT2D eigenvalue weighted by Gasteiger charge is 2.23. The summed E-state index contributed by atoms with van der Waals surface area (Å²) in [7, 11) is -2.83. The molecule has 0 aromatic heterocycles. The van der Waals surface area contributed by atoms with Crippen LogP contribution in [0.15, 0.2) is 46.2 Å². The van der Waals surface area contributed by atoms with Gasteiger partial charge in [0.15, 0.2) is 0 Å². The molecule has 1 N–H and O–H groups in total. The van der Waals surface area contributed by atoms with E-state index in [0.717, 1.165) is 23.9 Å². The normalized spacial score (nSPS) is 10.8. The van der Waals surface area contributed by atoms with Crippen molar-refractivity contribution in [1.82, 2.24) is 0 Å². The van der Waals surface area contributed by atoms with Crippen LogP contribution in [-0.2, 0) is 10.0 Å².